The molecule has 16 heavy (non-hydrogen) atoms. The molecule has 1 aliphatic heterocycles. The quantitative estimate of drug-likeness (QED) is 0.741. The predicted octanol–water partition coefficient (Wildman–Crippen LogP) is 0.677. The van der Waals surface area contributed by atoms with Gasteiger partial charge in [0.25, 0.3) is 0 Å². The van der Waals surface area contributed by atoms with Crippen LogP contribution in [0, 0.1) is 0 Å². The molecule has 0 aliphatic carbocycles. The minimum absolute atomic E-state index is 0.171. The Morgan fingerprint density at radius 1 is 1.44 bits per heavy atom. The summed E-state index contributed by atoms with van der Waals surface area (Å²) in [5.41, 5.74) is 6.20. The molecule has 2 rings (SSSR count). The van der Waals surface area contributed by atoms with Gasteiger partial charge in [-0.05, 0) is 25.0 Å². The van der Waals surface area contributed by atoms with Crippen LogP contribution in [0.5, 0.6) is 0 Å². The van der Waals surface area contributed by atoms with Gasteiger partial charge in [-0.25, -0.2) is 4.98 Å². The van der Waals surface area contributed by atoms with Crippen LogP contribution >= 0.6 is 12.2 Å². The summed E-state index contributed by atoms with van der Waals surface area (Å²) in [7, 11) is 0. The van der Waals surface area contributed by atoms with Crippen molar-refractivity contribution < 1.29 is 5.11 Å². The van der Waals surface area contributed by atoms with E-state index in [1.165, 1.54) is 0 Å². The lowest BCUT2D eigenvalue weighted by Crippen LogP contribution is -2.36. The second kappa shape index (κ2) is 4.76. The van der Waals surface area contributed by atoms with Crippen molar-refractivity contribution in [3.8, 4) is 0 Å². The van der Waals surface area contributed by atoms with Gasteiger partial charge in [-0.1, -0.05) is 18.3 Å². The van der Waals surface area contributed by atoms with Gasteiger partial charge in [0.15, 0.2) is 0 Å². The molecule has 4 nitrogen and oxygen atoms in total. The van der Waals surface area contributed by atoms with Gasteiger partial charge >= 0.3 is 0 Å². The third-order valence-corrected chi connectivity index (χ3v) is 2.98. The number of thiocarbonyl (C=S) groups is 1. The van der Waals surface area contributed by atoms with Gasteiger partial charge in [0, 0.05) is 13.1 Å². The number of aliphatic hydroxyl groups excluding tert-OH is 1. The highest BCUT2D eigenvalue weighted by Crippen LogP contribution is 2.18. The molecular weight excluding hydrogens is 222 g/mol. The molecule has 3 N–H and O–H groups in total. The van der Waals surface area contributed by atoms with E-state index >= 15 is 0 Å². The average Bonchev–Trinajstić information content (AvgIpc) is 2.30. The van der Waals surface area contributed by atoms with Gasteiger partial charge in [0.2, 0.25) is 0 Å². The van der Waals surface area contributed by atoms with Gasteiger partial charge in [0.1, 0.15) is 10.8 Å². The second-order valence-corrected chi connectivity index (χ2v) is 4.40. The molecule has 0 atom stereocenters. The summed E-state index contributed by atoms with van der Waals surface area (Å²) < 4.78 is 0. The molecular formula is C11H15N3OS. The number of rotatable bonds is 2. The Balaban J connectivity index is 2.14. The van der Waals surface area contributed by atoms with Crippen molar-refractivity contribution in [3.05, 3.63) is 23.9 Å². The number of anilines is 1. The Morgan fingerprint density at radius 3 is 2.75 bits per heavy atom. The second-order valence-electron chi connectivity index (χ2n) is 3.96. The van der Waals surface area contributed by atoms with Crippen LogP contribution < -0.4 is 10.6 Å². The Kier molecular flexibility index (Phi) is 3.36. The molecule has 0 radical (unpaired) electrons. The smallest absolute Gasteiger partial charge is 0.129 e. The van der Waals surface area contributed by atoms with Gasteiger partial charge < -0.3 is 15.7 Å². The average molecular weight is 237 g/mol. The van der Waals surface area contributed by atoms with E-state index in [0.717, 1.165) is 31.7 Å². The van der Waals surface area contributed by atoms with E-state index in [1.54, 1.807) is 0 Å². The number of hydrogen-bond acceptors (Lipinski definition) is 4. The molecule has 1 aromatic heterocycles. The molecule has 1 aliphatic rings. The maximum absolute atomic E-state index is 9.43. The number of aromatic nitrogens is 1. The number of pyridine rings is 1. The fraction of sp³-hybridized carbons (Fsp3) is 0.455. The standard InChI is InChI=1S/C11H15N3OS/c12-11(16)9-2-1-3-10(13-9)14-6-4-8(15)5-7-14/h1-3,8,15H,4-7H2,(H2,12,16). The molecule has 86 valence electrons. The van der Waals surface area contributed by atoms with Gasteiger partial charge in [-0.15, -0.1) is 0 Å². The molecule has 0 unspecified atom stereocenters. The Labute approximate surface area is 100 Å². The Morgan fingerprint density at radius 2 is 2.12 bits per heavy atom. The zero-order chi connectivity index (χ0) is 11.5. The number of nitrogens with zero attached hydrogens (tertiary/aromatic N) is 2. The molecule has 1 saturated heterocycles. The lowest BCUT2D eigenvalue weighted by atomic mass is 10.1. The first-order chi connectivity index (χ1) is 7.66. The summed E-state index contributed by atoms with van der Waals surface area (Å²) in [6.07, 6.45) is 1.41. The summed E-state index contributed by atoms with van der Waals surface area (Å²) >= 11 is 4.90. The van der Waals surface area contributed by atoms with E-state index in [4.69, 9.17) is 18.0 Å². The zero-order valence-electron chi connectivity index (χ0n) is 8.97. The molecule has 1 fully saturated rings. The first-order valence-electron chi connectivity index (χ1n) is 5.36. The van der Waals surface area contributed by atoms with E-state index < -0.39 is 0 Å². The largest absolute Gasteiger partial charge is 0.393 e. The van der Waals surface area contributed by atoms with Crippen molar-refractivity contribution in [1.29, 1.82) is 0 Å². The van der Waals surface area contributed by atoms with E-state index in [0.29, 0.717) is 10.7 Å². The van der Waals surface area contributed by atoms with Crippen molar-refractivity contribution >= 4 is 23.0 Å². The van der Waals surface area contributed by atoms with Crippen molar-refractivity contribution in [2.45, 2.75) is 18.9 Å². The fourth-order valence-electron chi connectivity index (χ4n) is 1.83. The first kappa shape index (κ1) is 11.3. The normalized spacial score (nSPS) is 17.4. The van der Waals surface area contributed by atoms with E-state index in [1.807, 2.05) is 18.2 Å². The van der Waals surface area contributed by atoms with E-state index in [9.17, 15) is 5.11 Å². The Bertz CT molecular complexity index is 389. The van der Waals surface area contributed by atoms with Crippen molar-refractivity contribution in [1.82, 2.24) is 4.98 Å². The summed E-state index contributed by atoms with van der Waals surface area (Å²) in [5, 5.41) is 9.43. The van der Waals surface area contributed by atoms with Gasteiger partial charge in [-0.3, -0.25) is 0 Å². The van der Waals surface area contributed by atoms with Crippen LogP contribution in [0.2, 0.25) is 0 Å². The Hall–Kier alpha value is -1.20. The molecule has 0 amide bonds. The molecule has 0 saturated carbocycles. The summed E-state index contributed by atoms with van der Waals surface area (Å²) in [6.45, 7) is 1.66. The summed E-state index contributed by atoms with van der Waals surface area (Å²) in [5.74, 6) is 0.886. The topological polar surface area (TPSA) is 62.4 Å². The molecule has 0 spiro atoms. The highest BCUT2D eigenvalue weighted by atomic mass is 32.1. The third-order valence-electron chi connectivity index (χ3n) is 2.78. The fourth-order valence-corrected chi connectivity index (χ4v) is 1.95. The van der Waals surface area contributed by atoms with Crippen LogP contribution in [0.4, 0.5) is 5.82 Å². The number of piperidine rings is 1. The highest BCUT2D eigenvalue weighted by Gasteiger charge is 2.18. The van der Waals surface area contributed by atoms with Gasteiger partial charge in [-0.2, -0.15) is 0 Å². The van der Waals surface area contributed by atoms with E-state index in [-0.39, 0.29) is 6.10 Å². The molecule has 0 aromatic carbocycles. The van der Waals surface area contributed by atoms with Crippen molar-refractivity contribution in [2.75, 3.05) is 18.0 Å². The number of nitrogens with two attached hydrogens (primary N) is 1. The lowest BCUT2D eigenvalue weighted by molar-refractivity contribution is 0.145. The minimum atomic E-state index is -0.171. The SMILES string of the molecule is NC(=S)c1cccc(N2CCC(O)CC2)n1. The molecule has 1 aromatic rings. The minimum Gasteiger partial charge on any atom is -0.393 e. The van der Waals surface area contributed by atoms with Crippen LogP contribution in [0.15, 0.2) is 18.2 Å². The van der Waals surface area contributed by atoms with Crippen LogP contribution in [0.25, 0.3) is 0 Å². The molecule has 2 heterocycles. The van der Waals surface area contributed by atoms with Crippen LogP contribution in [-0.2, 0) is 0 Å². The maximum atomic E-state index is 9.43. The maximum Gasteiger partial charge on any atom is 0.129 e. The summed E-state index contributed by atoms with van der Waals surface area (Å²) in [4.78, 5) is 6.86. The first-order valence-corrected chi connectivity index (χ1v) is 5.77. The van der Waals surface area contributed by atoms with Crippen molar-refractivity contribution in [3.63, 3.8) is 0 Å². The molecule has 0 bridgehead atoms. The van der Waals surface area contributed by atoms with Crippen LogP contribution in [-0.4, -0.2) is 34.3 Å². The monoisotopic (exact) mass is 237 g/mol. The zero-order valence-corrected chi connectivity index (χ0v) is 9.78. The lowest BCUT2D eigenvalue weighted by Gasteiger charge is -2.30. The highest BCUT2D eigenvalue weighted by molar-refractivity contribution is 7.80. The van der Waals surface area contributed by atoms with Crippen LogP contribution in [0.1, 0.15) is 18.5 Å². The molecule has 5 heteroatoms. The number of hydrogen-bond donors (Lipinski definition) is 2. The van der Waals surface area contributed by atoms with Gasteiger partial charge in [0.05, 0.1) is 11.8 Å². The van der Waals surface area contributed by atoms with Crippen LogP contribution in [0.3, 0.4) is 0 Å². The number of aliphatic hydroxyl groups is 1. The predicted molar refractivity (Wildman–Crippen MR) is 67.6 cm³/mol. The third kappa shape index (κ3) is 2.48. The summed E-state index contributed by atoms with van der Waals surface area (Å²) in [6, 6.07) is 5.66. The van der Waals surface area contributed by atoms with Crippen molar-refractivity contribution in [2.24, 2.45) is 5.73 Å². The van der Waals surface area contributed by atoms with E-state index in [2.05, 4.69) is 9.88 Å².